The molecule has 3 aromatic heterocycles. The molecule has 0 saturated carbocycles. The highest BCUT2D eigenvalue weighted by Gasteiger charge is 2.38. The third-order valence-electron chi connectivity index (χ3n) is 7.18. The van der Waals surface area contributed by atoms with Crippen LogP contribution in [0, 0.1) is 0 Å². The molecule has 1 aliphatic rings. The smallest absolute Gasteiger partial charge is 0.227 e. The molecular weight excluding hydrogens is 485 g/mol. The van der Waals surface area contributed by atoms with E-state index in [0.29, 0.717) is 43.1 Å². The Morgan fingerprint density at radius 1 is 1.16 bits per heavy atom. The Hall–Kier alpha value is -3.79. The predicted molar refractivity (Wildman–Crippen MR) is 146 cm³/mol. The number of pyridine rings is 1. The second-order valence-electron chi connectivity index (χ2n) is 10.4. The van der Waals surface area contributed by atoms with Crippen LogP contribution in [0.5, 0.6) is 5.75 Å². The van der Waals surface area contributed by atoms with E-state index in [-0.39, 0.29) is 6.54 Å². The zero-order chi connectivity index (χ0) is 26.9. The second kappa shape index (κ2) is 10.5. The van der Waals surface area contributed by atoms with E-state index in [1.807, 2.05) is 36.1 Å². The van der Waals surface area contributed by atoms with Crippen LogP contribution in [-0.4, -0.2) is 61.3 Å². The molecule has 1 fully saturated rings. The van der Waals surface area contributed by atoms with Crippen molar-refractivity contribution in [3.63, 3.8) is 0 Å². The van der Waals surface area contributed by atoms with Crippen molar-refractivity contribution in [1.82, 2.24) is 24.7 Å². The molecule has 1 saturated heterocycles. The maximum absolute atomic E-state index is 14.4. The number of rotatable bonds is 8. The van der Waals surface area contributed by atoms with Crippen LogP contribution in [0.3, 0.4) is 0 Å². The Labute approximate surface area is 221 Å². The highest BCUT2D eigenvalue weighted by atomic mass is 19.1. The Bertz CT molecular complexity index is 1420. The number of nitrogens with one attached hydrogen (secondary N) is 1. The van der Waals surface area contributed by atoms with Crippen molar-refractivity contribution in [2.24, 2.45) is 7.05 Å². The summed E-state index contributed by atoms with van der Waals surface area (Å²) in [6.45, 7) is 6.91. The molecule has 4 heterocycles. The number of nitrogens with zero attached hydrogens (tertiary/aromatic N) is 6. The number of alkyl halides is 1. The van der Waals surface area contributed by atoms with Gasteiger partial charge in [0.15, 0.2) is 0 Å². The molecule has 200 valence electrons. The number of piperidine rings is 1. The maximum Gasteiger partial charge on any atom is 0.227 e. The van der Waals surface area contributed by atoms with Crippen LogP contribution in [0.15, 0.2) is 48.9 Å². The molecule has 0 amide bonds. The number of aliphatic hydroxyl groups is 1. The van der Waals surface area contributed by atoms with E-state index in [2.05, 4.69) is 45.3 Å². The van der Waals surface area contributed by atoms with Gasteiger partial charge in [0.1, 0.15) is 23.6 Å². The molecule has 0 aliphatic carbocycles. The number of benzene rings is 1. The van der Waals surface area contributed by atoms with Crippen molar-refractivity contribution in [2.45, 2.75) is 51.3 Å². The van der Waals surface area contributed by atoms with Crippen LogP contribution in [0.25, 0.3) is 10.8 Å². The SMILES string of the molecule is CC(C)c1ccc(OCCc2ccnn2C)c2cnc(Nc3ccnc(N4CC[C@](C)(O)[C@H](F)C4)n3)cc12. The Morgan fingerprint density at radius 3 is 2.74 bits per heavy atom. The average molecular weight is 520 g/mol. The lowest BCUT2D eigenvalue weighted by molar-refractivity contribution is -0.0332. The summed E-state index contributed by atoms with van der Waals surface area (Å²) in [5, 5.41) is 19.6. The minimum absolute atomic E-state index is 0.0474. The van der Waals surface area contributed by atoms with E-state index >= 15 is 0 Å². The first-order valence-corrected chi connectivity index (χ1v) is 12.9. The number of aryl methyl sites for hydroxylation is 1. The van der Waals surface area contributed by atoms with Crippen molar-refractivity contribution in [1.29, 1.82) is 0 Å². The lowest BCUT2D eigenvalue weighted by atomic mass is 9.92. The molecule has 1 aromatic carbocycles. The quantitative estimate of drug-likeness (QED) is 0.350. The first-order chi connectivity index (χ1) is 18.2. The number of aromatic nitrogens is 5. The van der Waals surface area contributed by atoms with Gasteiger partial charge < -0.3 is 20.1 Å². The van der Waals surface area contributed by atoms with Crippen LogP contribution in [-0.2, 0) is 13.5 Å². The monoisotopic (exact) mass is 519 g/mol. The average Bonchev–Trinajstić information content (AvgIpc) is 3.30. The summed E-state index contributed by atoms with van der Waals surface area (Å²) in [4.78, 5) is 15.3. The van der Waals surface area contributed by atoms with Crippen molar-refractivity contribution < 1.29 is 14.2 Å². The number of hydrogen-bond donors (Lipinski definition) is 2. The van der Waals surface area contributed by atoms with Crippen molar-refractivity contribution in [2.75, 3.05) is 29.9 Å². The van der Waals surface area contributed by atoms with Crippen LogP contribution >= 0.6 is 0 Å². The fourth-order valence-corrected chi connectivity index (χ4v) is 4.73. The lowest BCUT2D eigenvalue weighted by Gasteiger charge is -2.38. The van der Waals surface area contributed by atoms with E-state index in [0.717, 1.165) is 28.6 Å². The molecular formula is C28H34FN7O2. The van der Waals surface area contributed by atoms with Gasteiger partial charge in [-0.25, -0.2) is 14.4 Å². The van der Waals surface area contributed by atoms with Gasteiger partial charge >= 0.3 is 0 Å². The number of halogens is 1. The third kappa shape index (κ3) is 5.40. The largest absolute Gasteiger partial charge is 0.492 e. The van der Waals surface area contributed by atoms with E-state index in [4.69, 9.17) is 4.74 Å². The molecule has 9 nitrogen and oxygen atoms in total. The highest BCUT2D eigenvalue weighted by Crippen LogP contribution is 2.34. The molecule has 0 bridgehead atoms. The van der Waals surface area contributed by atoms with Crippen LogP contribution in [0.2, 0.25) is 0 Å². The molecule has 2 atom stereocenters. The molecule has 2 N–H and O–H groups in total. The fraction of sp³-hybridized carbons (Fsp3) is 0.429. The maximum atomic E-state index is 14.4. The van der Waals surface area contributed by atoms with Gasteiger partial charge in [-0.15, -0.1) is 0 Å². The molecule has 4 aromatic rings. The Morgan fingerprint density at radius 2 is 2.00 bits per heavy atom. The standard InChI is InChI=1S/C28H34FN7O2/c1-18(2)20-5-6-23(38-14-9-19-7-12-32-35(19)4)22-16-31-26(15-21(20)22)33-25-8-11-30-27(34-25)36-13-10-28(3,37)24(29)17-36/h5-8,11-12,15-16,18,24,37H,9-10,13-14,17H2,1-4H3,(H,30,31,33,34)/t24-,28+/m1/s1. The second-order valence-corrected chi connectivity index (χ2v) is 10.4. The summed E-state index contributed by atoms with van der Waals surface area (Å²) in [5.41, 5.74) is 0.984. The van der Waals surface area contributed by atoms with Gasteiger partial charge in [0.25, 0.3) is 0 Å². The summed E-state index contributed by atoms with van der Waals surface area (Å²) < 4.78 is 22.4. The van der Waals surface area contributed by atoms with E-state index < -0.39 is 11.8 Å². The van der Waals surface area contributed by atoms with Crippen molar-refractivity contribution >= 4 is 28.4 Å². The Balaban J connectivity index is 1.36. The molecule has 10 heteroatoms. The fourth-order valence-electron chi connectivity index (χ4n) is 4.73. The molecule has 38 heavy (non-hydrogen) atoms. The number of ether oxygens (including phenoxy) is 1. The van der Waals surface area contributed by atoms with E-state index in [1.165, 1.54) is 12.5 Å². The highest BCUT2D eigenvalue weighted by molar-refractivity contribution is 5.92. The summed E-state index contributed by atoms with van der Waals surface area (Å²) in [6.07, 6.45) is 4.95. The van der Waals surface area contributed by atoms with Gasteiger partial charge in [-0.3, -0.25) is 4.68 Å². The van der Waals surface area contributed by atoms with Crippen molar-refractivity contribution in [3.8, 4) is 5.75 Å². The third-order valence-corrected chi connectivity index (χ3v) is 7.18. The first kappa shape index (κ1) is 25.8. The van der Waals surface area contributed by atoms with Gasteiger partial charge in [-0.05, 0) is 54.5 Å². The minimum Gasteiger partial charge on any atom is -0.492 e. The summed E-state index contributed by atoms with van der Waals surface area (Å²) in [5.74, 6) is 2.72. The molecule has 0 unspecified atom stereocenters. The number of fused-ring (bicyclic) bond motifs is 1. The summed E-state index contributed by atoms with van der Waals surface area (Å²) in [7, 11) is 1.93. The number of hydrogen-bond acceptors (Lipinski definition) is 8. The van der Waals surface area contributed by atoms with Gasteiger partial charge in [-0.2, -0.15) is 10.1 Å². The zero-order valence-corrected chi connectivity index (χ0v) is 22.2. The van der Waals surface area contributed by atoms with Gasteiger partial charge in [0.05, 0.1) is 18.8 Å². The van der Waals surface area contributed by atoms with E-state index in [1.54, 1.807) is 23.4 Å². The lowest BCUT2D eigenvalue weighted by Crippen LogP contribution is -2.52. The summed E-state index contributed by atoms with van der Waals surface area (Å²) in [6, 6.07) is 9.88. The zero-order valence-electron chi connectivity index (χ0n) is 22.2. The van der Waals surface area contributed by atoms with Crippen molar-refractivity contribution in [3.05, 3.63) is 60.2 Å². The van der Waals surface area contributed by atoms with Crippen LogP contribution in [0.1, 0.15) is 44.4 Å². The van der Waals surface area contributed by atoms with E-state index in [9.17, 15) is 9.50 Å². The van der Waals surface area contributed by atoms with Gasteiger partial charge in [0, 0.05) is 49.7 Å². The van der Waals surface area contributed by atoms with Crippen LogP contribution in [0.4, 0.5) is 22.0 Å². The normalized spacial score (nSPS) is 19.8. The van der Waals surface area contributed by atoms with Crippen LogP contribution < -0.4 is 15.0 Å². The molecule has 0 spiro atoms. The van der Waals surface area contributed by atoms with Gasteiger partial charge in [0.2, 0.25) is 5.95 Å². The molecule has 1 aliphatic heterocycles. The predicted octanol–water partition coefficient (Wildman–Crippen LogP) is 4.55. The Kier molecular flexibility index (Phi) is 7.16. The molecule has 0 radical (unpaired) electrons. The summed E-state index contributed by atoms with van der Waals surface area (Å²) >= 11 is 0. The topological polar surface area (TPSA) is 101 Å². The van der Waals surface area contributed by atoms with Gasteiger partial charge in [-0.1, -0.05) is 19.9 Å². The first-order valence-electron chi connectivity index (χ1n) is 12.9. The minimum atomic E-state index is -1.37. The number of anilines is 3. The molecule has 5 rings (SSSR count).